The topological polar surface area (TPSA) is 47.6 Å². The summed E-state index contributed by atoms with van der Waals surface area (Å²) in [5, 5.41) is 3.58. The van der Waals surface area contributed by atoms with E-state index in [1.54, 1.807) is 0 Å². The first-order chi connectivity index (χ1) is 9.73. The van der Waals surface area contributed by atoms with Crippen molar-refractivity contribution in [2.75, 3.05) is 19.8 Å². The fourth-order valence-corrected chi connectivity index (χ4v) is 3.93. The number of nitrogens with one attached hydrogen (secondary N) is 1. The van der Waals surface area contributed by atoms with Crippen molar-refractivity contribution in [3.05, 3.63) is 0 Å². The van der Waals surface area contributed by atoms with Crippen LogP contribution >= 0.6 is 0 Å². The van der Waals surface area contributed by atoms with Crippen LogP contribution in [0.4, 0.5) is 0 Å². The molecule has 2 unspecified atom stereocenters. The summed E-state index contributed by atoms with van der Waals surface area (Å²) in [6.07, 6.45) is 8.53. The van der Waals surface area contributed by atoms with Crippen LogP contribution < -0.4 is 5.32 Å². The molecule has 0 aromatic heterocycles. The quantitative estimate of drug-likeness (QED) is 0.730. The Kier molecular flexibility index (Phi) is 5.85. The summed E-state index contributed by atoms with van der Waals surface area (Å²) in [6, 6.07) is 0.522. The zero-order chi connectivity index (χ0) is 14.4. The van der Waals surface area contributed by atoms with Gasteiger partial charge in [0.05, 0.1) is 19.1 Å². The lowest BCUT2D eigenvalue weighted by molar-refractivity contribution is -0.151. The molecule has 2 fully saturated rings. The molecule has 2 atom stereocenters. The largest absolute Gasteiger partial charge is 0.466 e. The summed E-state index contributed by atoms with van der Waals surface area (Å²) < 4.78 is 10.9. The average molecular weight is 283 g/mol. The monoisotopic (exact) mass is 283 g/mol. The van der Waals surface area contributed by atoms with Gasteiger partial charge in [0.2, 0.25) is 0 Å². The number of hydrogen-bond acceptors (Lipinski definition) is 4. The number of hydrogen-bond donors (Lipinski definition) is 1. The van der Waals surface area contributed by atoms with E-state index in [4.69, 9.17) is 9.47 Å². The van der Waals surface area contributed by atoms with Gasteiger partial charge >= 0.3 is 5.97 Å². The third kappa shape index (κ3) is 3.34. The van der Waals surface area contributed by atoms with Crippen molar-refractivity contribution in [1.29, 1.82) is 0 Å². The smallest absolute Gasteiger partial charge is 0.307 e. The van der Waals surface area contributed by atoms with Crippen LogP contribution in [-0.4, -0.2) is 37.9 Å². The Morgan fingerprint density at radius 1 is 1.20 bits per heavy atom. The summed E-state index contributed by atoms with van der Waals surface area (Å²) in [6.45, 7) is 5.93. The SMILES string of the molecule is CCOC(=O)CCNC1CC(OCC)C12CCCCC2. The predicted molar refractivity (Wildman–Crippen MR) is 78.6 cm³/mol. The first kappa shape index (κ1) is 15.8. The van der Waals surface area contributed by atoms with E-state index in [0.717, 1.165) is 19.6 Å². The maximum absolute atomic E-state index is 11.4. The first-order valence-corrected chi connectivity index (χ1v) is 8.23. The van der Waals surface area contributed by atoms with Crippen LogP contribution in [0.15, 0.2) is 0 Å². The molecule has 2 aliphatic carbocycles. The van der Waals surface area contributed by atoms with Gasteiger partial charge in [-0.2, -0.15) is 0 Å². The van der Waals surface area contributed by atoms with Crippen LogP contribution in [0.5, 0.6) is 0 Å². The van der Waals surface area contributed by atoms with Crippen molar-refractivity contribution in [3.63, 3.8) is 0 Å². The molecule has 0 saturated heterocycles. The standard InChI is InChI=1S/C16H29NO3/c1-3-19-14-12-13(16(14)9-6-5-7-10-16)17-11-8-15(18)20-4-2/h13-14,17H,3-12H2,1-2H3. The molecule has 4 heteroatoms. The van der Waals surface area contributed by atoms with E-state index in [-0.39, 0.29) is 5.97 Å². The molecular formula is C16H29NO3. The molecule has 1 spiro atoms. The van der Waals surface area contributed by atoms with Gasteiger partial charge in [0.25, 0.3) is 0 Å². The van der Waals surface area contributed by atoms with Crippen molar-refractivity contribution in [2.45, 2.75) is 70.9 Å². The highest BCUT2D eigenvalue weighted by Gasteiger charge is 2.55. The maximum atomic E-state index is 11.4. The Bertz CT molecular complexity index is 313. The minimum absolute atomic E-state index is 0.0987. The van der Waals surface area contributed by atoms with Gasteiger partial charge in [-0.05, 0) is 33.1 Å². The van der Waals surface area contributed by atoms with Crippen molar-refractivity contribution in [1.82, 2.24) is 5.32 Å². The summed E-state index contributed by atoms with van der Waals surface area (Å²) in [5.41, 5.74) is 0.336. The zero-order valence-electron chi connectivity index (χ0n) is 13.0. The number of carbonyl (C=O) groups excluding carboxylic acids is 1. The van der Waals surface area contributed by atoms with Crippen molar-refractivity contribution in [3.8, 4) is 0 Å². The predicted octanol–water partition coefficient (Wildman–Crippen LogP) is 2.66. The molecular weight excluding hydrogens is 254 g/mol. The van der Waals surface area contributed by atoms with Crippen LogP contribution in [0, 0.1) is 5.41 Å². The van der Waals surface area contributed by atoms with E-state index in [9.17, 15) is 4.79 Å². The molecule has 0 heterocycles. The molecule has 20 heavy (non-hydrogen) atoms. The highest BCUT2D eigenvalue weighted by atomic mass is 16.5. The third-order valence-corrected chi connectivity index (χ3v) is 4.96. The summed E-state index contributed by atoms with van der Waals surface area (Å²) in [7, 11) is 0. The second-order valence-electron chi connectivity index (χ2n) is 6.04. The Hall–Kier alpha value is -0.610. The Balaban J connectivity index is 1.80. The van der Waals surface area contributed by atoms with Gasteiger partial charge in [-0.15, -0.1) is 0 Å². The van der Waals surface area contributed by atoms with Gasteiger partial charge in [0.15, 0.2) is 0 Å². The Morgan fingerprint density at radius 3 is 2.60 bits per heavy atom. The van der Waals surface area contributed by atoms with Gasteiger partial charge in [0, 0.05) is 24.6 Å². The van der Waals surface area contributed by atoms with Crippen LogP contribution in [0.1, 0.15) is 58.8 Å². The Labute approximate surface area is 122 Å². The lowest BCUT2D eigenvalue weighted by atomic mass is 9.55. The van der Waals surface area contributed by atoms with E-state index in [1.807, 2.05) is 6.92 Å². The highest BCUT2D eigenvalue weighted by Crippen LogP contribution is 2.53. The third-order valence-electron chi connectivity index (χ3n) is 4.96. The number of rotatable bonds is 7. The van der Waals surface area contributed by atoms with Crippen molar-refractivity contribution >= 4 is 5.97 Å². The lowest BCUT2D eigenvalue weighted by Crippen LogP contribution is -2.64. The normalized spacial score (nSPS) is 28.1. The molecule has 0 radical (unpaired) electrons. The molecule has 1 N–H and O–H groups in total. The van der Waals surface area contributed by atoms with E-state index in [2.05, 4.69) is 12.2 Å². The van der Waals surface area contributed by atoms with Crippen molar-refractivity contribution < 1.29 is 14.3 Å². The molecule has 0 aromatic rings. The molecule has 2 rings (SSSR count). The lowest BCUT2D eigenvalue weighted by Gasteiger charge is -2.58. The summed E-state index contributed by atoms with van der Waals surface area (Å²) in [5.74, 6) is -0.0987. The zero-order valence-corrected chi connectivity index (χ0v) is 13.0. The van der Waals surface area contributed by atoms with Crippen LogP contribution in [-0.2, 0) is 14.3 Å². The molecule has 0 amide bonds. The van der Waals surface area contributed by atoms with Crippen LogP contribution in [0.2, 0.25) is 0 Å². The van der Waals surface area contributed by atoms with Gasteiger partial charge in [0.1, 0.15) is 0 Å². The minimum Gasteiger partial charge on any atom is -0.466 e. The van der Waals surface area contributed by atoms with E-state index in [0.29, 0.717) is 30.6 Å². The fourth-order valence-electron chi connectivity index (χ4n) is 3.93. The summed E-state index contributed by atoms with van der Waals surface area (Å²) >= 11 is 0. The minimum atomic E-state index is -0.0987. The van der Waals surface area contributed by atoms with Gasteiger partial charge in [-0.1, -0.05) is 19.3 Å². The molecule has 0 aliphatic heterocycles. The first-order valence-electron chi connectivity index (χ1n) is 8.23. The maximum Gasteiger partial charge on any atom is 0.307 e. The van der Waals surface area contributed by atoms with E-state index in [1.165, 1.54) is 32.1 Å². The number of carbonyl (C=O) groups is 1. The second kappa shape index (κ2) is 7.41. The molecule has 0 aromatic carbocycles. The average Bonchev–Trinajstić information content (AvgIpc) is 2.46. The molecule has 2 aliphatic rings. The molecule has 4 nitrogen and oxygen atoms in total. The van der Waals surface area contributed by atoms with E-state index >= 15 is 0 Å². The van der Waals surface area contributed by atoms with Crippen molar-refractivity contribution in [2.24, 2.45) is 5.41 Å². The highest BCUT2D eigenvalue weighted by molar-refractivity contribution is 5.69. The second-order valence-corrected chi connectivity index (χ2v) is 6.04. The van der Waals surface area contributed by atoms with E-state index < -0.39 is 0 Å². The Morgan fingerprint density at radius 2 is 1.95 bits per heavy atom. The number of esters is 1. The van der Waals surface area contributed by atoms with Crippen LogP contribution in [0.25, 0.3) is 0 Å². The van der Waals surface area contributed by atoms with Gasteiger partial charge in [-0.3, -0.25) is 4.79 Å². The number of ether oxygens (including phenoxy) is 2. The molecule has 0 bridgehead atoms. The summed E-state index contributed by atoms with van der Waals surface area (Å²) in [4.78, 5) is 11.4. The van der Waals surface area contributed by atoms with Crippen LogP contribution in [0.3, 0.4) is 0 Å². The fraction of sp³-hybridized carbons (Fsp3) is 0.938. The van der Waals surface area contributed by atoms with Gasteiger partial charge < -0.3 is 14.8 Å². The van der Waals surface area contributed by atoms with Gasteiger partial charge in [-0.25, -0.2) is 0 Å². The molecule has 2 saturated carbocycles. The molecule has 116 valence electrons.